The molecule has 1 aliphatic rings. The molecule has 1 fully saturated rings. The topological polar surface area (TPSA) is 64.4 Å². The molecule has 1 amide bonds. The van der Waals surface area contributed by atoms with E-state index in [0.29, 0.717) is 19.3 Å². The van der Waals surface area contributed by atoms with Gasteiger partial charge < -0.3 is 0 Å². The van der Waals surface area contributed by atoms with Gasteiger partial charge in [0, 0.05) is 0 Å². The molecule has 0 saturated heterocycles. The van der Waals surface area contributed by atoms with Gasteiger partial charge in [-0.3, -0.25) is 0 Å². The number of carbonyl (C=O) groups is 1. The zero-order valence-corrected chi connectivity index (χ0v) is 16.5. The van der Waals surface area contributed by atoms with E-state index in [9.17, 15) is 4.79 Å². The summed E-state index contributed by atoms with van der Waals surface area (Å²) in [5, 5.41) is 2.69. The van der Waals surface area contributed by atoms with Gasteiger partial charge in [0.15, 0.2) is 0 Å². The first-order valence-electron chi connectivity index (χ1n) is 7.57. The Hall–Kier alpha value is 0.0521. The normalized spacial score (nSPS) is 25.3. The maximum atomic E-state index is 11.9. The average molecular weight is 475 g/mol. The zero-order chi connectivity index (χ0) is 15.0. The molecule has 20 heavy (non-hydrogen) atoms. The summed E-state index contributed by atoms with van der Waals surface area (Å²) >= 11 is 1.30. The van der Waals surface area contributed by atoms with Gasteiger partial charge in [0.25, 0.3) is 0 Å². The van der Waals surface area contributed by atoms with Gasteiger partial charge in [-0.05, 0) is 0 Å². The van der Waals surface area contributed by atoms with Crippen molar-refractivity contribution in [3.63, 3.8) is 0 Å². The van der Waals surface area contributed by atoms with Crippen LogP contribution < -0.4 is 11.1 Å². The van der Waals surface area contributed by atoms with E-state index in [1.54, 1.807) is 7.05 Å². The van der Waals surface area contributed by atoms with E-state index in [-0.39, 0.29) is 11.8 Å². The molecule has 3 N–H and O–H groups in total. The van der Waals surface area contributed by atoms with E-state index in [2.05, 4.69) is 5.32 Å². The van der Waals surface area contributed by atoms with Gasteiger partial charge in [-0.1, -0.05) is 0 Å². The Kier molecular flexibility index (Phi) is 8.95. The second kappa shape index (κ2) is 9.89. The summed E-state index contributed by atoms with van der Waals surface area (Å²) in [7, 11) is 1.66. The Morgan fingerprint density at radius 1 is 1.45 bits per heavy atom. The molecular weight excluding hydrogens is 447 g/mol. The molecule has 4 nitrogen and oxygen atoms in total. The number of hydrogen-bond donors (Lipinski definition) is 2. The van der Waals surface area contributed by atoms with Crippen LogP contribution in [0.5, 0.6) is 0 Å². The summed E-state index contributed by atoms with van der Waals surface area (Å²) < 4.78 is 6.98. The quantitative estimate of drug-likeness (QED) is 0.435. The van der Waals surface area contributed by atoms with Crippen LogP contribution >= 0.6 is 0 Å². The molecule has 1 aliphatic carbocycles. The number of hydrogen-bond acceptors (Lipinski definition) is 3. The summed E-state index contributed by atoms with van der Waals surface area (Å²) in [4.78, 5) is 11.9. The van der Waals surface area contributed by atoms with E-state index >= 15 is 0 Å². The number of allylic oxidation sites excluding steroid dienone is 1. The van der Waals surface area contributed by atoms with E-state index < -0.39 is 0 Å². The molecular formula is C15H27N2O2Pb. The number of likely N-dealkylation sites (N-methyl/N-ethyl adjacent to an activating group) is 1. The van der Waals surface area contributed by atoms with Crippen molar-refractivity contribution in [2.24, 2.45) is 11.7 Å². The first-order chi connectivity index (χ1) is 9.62. The van der Waals surface area contributed by atoms with E-state index in [0.717, 1.165) is 28.3 Å². The molecule has 1 saturated carbocycles. The van der Waals surface area contributed by atoms with Gasteiger partial charge in [-0.15, -0.1) is 0 Å². The molecule has 113 valence electrons. The molecule has 1 atom stereocenters. The zero-order valence-electron chi connectivity index (χ0n) is 12.7. The van der Waals surface area contributed by atoms with Crippen molar-refractivity contribution in [3.05, 3.63) is 11.6 Å². The molecule has 0 aromatic heterocycles. The maximum absolute atomic E-state index is 11.9. The summed E-state index contributed by atoms with van der Waals surface area (Å²) in [6.45, 7) is 3.05. The van der Waals surface area contributed by atoms with Crippen LogP contribution in [0, 0.1) is 5.92 Å². The first-order valence-corrected chi connectivity index (χ1v) is 9.81. The van der Waals surface area contributed by atoms with Crippen LogP contribution in [0.4, 0.5) is 0 Å². The predicted octanol–water partition coefficient (Wildman–Crippen LogP) is 1.56. The van der Waals surface area contributed by atoms with Crippen LogP contribution in [0.1, 0.15) is 39.0 Å². The Morgan fingerprint density at radius 3 is 2.60 bits per heavy atom. The van der Waals surface area contributed by atoms with Crippen molar-refractivity contribution in [3.8, 4) is 0 Å². The standard InChI is InChI=1S/C15H27N2O2.Pb/c1-3-7-14(15(18)17-2)12(10-16)11-19-13-8-5-4-6-9-13;/h4,7,12-13H,3,5-6,8-11,16H2,1-2H3,(H,17,18);/b14-7-;. The fraction of sp³-hybridized carbons (Fsp3) is 0.800. The molecule has 0 aromatic carbocycles. The Morgan fingerprint density at radius 2 is 2.10 bits per heavy atom. The molecule has 0 heterocycles. The van der Waals surface area contributed by atoms with E-state index in [4.69, 9.17) is 10.5 Å². The first kappa shape index (κ1) is 18.1. The second-order valence-electron chi connectivity index (χ2n) is 5.39. The minimum atomic E-state index is -0.0332. The summed E-state index contributed by atoms with van der Waals surface area (Å²) in [5.74, 6) is -0.0298. The molecule has 1 unspecified atom stereocenters. The van der Waals surface area contributed by atoms with E-state index in [1.807, 2.05) is 13.0 Å². The predicted molar refractivity (Wildman–Crippen MR) is 82.7 cm³/mol. The average Bonchev–Trinajstić information content (AvgIpc) is 2.47. The summed E-state index contributed by atoms with van der Waals surface area (Å²) in [6.07, 6.45) is 8.10. The Labute approximate surface area is 138 Å². The van der Waals surface area contributed by atoms with Crippen LogP contribution in [0.3, 0.4) is 0 Å². The van der Waals surface area contributed by atoms with Crippen LogP contribution in [-0.4, -0.2) is 58.0 Å². The summed E-state index contributed by atoms with van der Waals surface area (Å²) in [6, 6.07) is 0. The van der Waals surface area contributed by atoms with Crippen molar-refractivity contribution < 1.29 is 9.53 Å². The minimum absolute atomic E-state index is 0.00336. The van der Waals surface area contributed by atoms with Crippen LogP contribution in [0.25, 0.3) is 0 Å². The van der Waals surface area contributed by atoms with Gasteiger partial charge >= 0.3 is 139 Å². The number of nitrogens with two attached hydrogens (primary N) is 1. The molecule has 3 radical (unpaired) electrons. The third-order valence-corrected chi connectivity index (χ3v) is 6.09. The van der Waals surface area contributed by atoms with Crippen molar-refractivity contribution in [1.82, 2.24) is 5.32 Å². The van der Waals surface area contributed by atoms with Crippen LogP contribution in [0.2, 0.25) is 3.48 Å². The number of ether oxygens (including phenoxy) is 1. The second-order valence-corrected chi connectivity index (χ2v) is 8.56. The molecule has 1 rings (SSSR count). The number of amides is 1. The molecule has 0 aliphatic heterocycles. The Bertz CT molecular complexity index is 326. The van der Waals surface area contributed by atoms with E-state index in [1.165, 1.54) is 38.6 Å². The van der Waals surface area contributed by atoms with Crippen molar-refractivity contribution in [2.75, 3.05) is 20.2 Å². The third kappa shape index (κ3) is 5.81. The van der Waals surface area contributed by atoms with Crippen molar-refractivity contribution >= 4 is 31.7 Å². The molecule has 0 aromatic rings. The molecule has 0 bridgehead atoms. The van der Waals surface area contributed by atoms with Crippen molar-refractivity contribution in [1.29, 1.82) is 0 Å². The molecule has 5 heteroatoms. The van der Waals surface area contributed by atoms with Crippen LogP contribution in [0.15, 0.2) is 11.6 Å². The Balaban J connectivity index is 2.52. The van der Waals surface area contributed by atoms with Gasteiger partial charge in [0.2, 0.25) is 0 Å². The van der Waals surface area contributed by atoms with Crippen molar-refractivity contribution in [2.45, 2.75) is 48.6 Å². The SMILES string of the molecule is CC/C=C(\C(=O)NC)C(CN)COC1CC[CH]([Pb])CC1. The van der Waals surface area contributed by atoms with Gasteiger partial charge in [0.05, 0.1) is 0 Å². The summed E-state index contributed by atoms with van der Waals surface area (Å²) in [5.41, 5.74) is 6.61. The van der Waals surface area contributed by atoms with Gasteiger partial charge in [-0.25, -0.2) is 0 Å². The monoisotopic (exact) mass is 475 g/mol. The van der Waals surface area contributed by atoms with Gasteiger partial charge in [0.1, 0.15) is 0 Å². The third-order valence-electron chi connectivity index (χ3n) is 3.84. The van der Waals surface area contributed by atoms with Gasteiger partial charge in [-0.2, -0.15) is 0 Å². The number of nitrogens with one attached hydrogen (secondary N) is 1. The fourth-order valence-electron chi connectivity index (χ4n) is 2.58. The fourth-order valence-corrected chi connectivity index (χ4v) is 3.87. The number of rotatable bonds is 7. The van der Waals surface area contributed by atoms with Crippen LogP contribution in [-0.2, 0) is 9.53 Å². The molecule has 0 spiro atoms. The number of carbonyl (C=O) groups excluding carboxylic acids is 1.